The van der Waals surface area contributed by atoms with Gasteiger partial charge in [0.2, 0.25) is 0 Å². The van der Waals surface area contributed by atoms with E-state index < -0.39 is 0 Å². The first-order chi connectivity index (χ1) is 8.65. The Morgan fingerprint density at radius 1 is 1.17 bits per heavy atom. The van der Waals surface area contributed by atoms with Gasteiger partial charge in [-0.15, -0.1) is 0 Å². The van der Waals surface area contributed by atoms with Gasteiger partial charge in [-0.2, -0.15) is 12.6 Å². The van der Waals surface area contributed by atoms with Crippen molar-refractivity contribution in [2.45, 2.75) is 51.0 Å². The molecule has 2 nitrogen and oxygen atoms in total. The number of likely N-dealkylation sites (tertiary alicyclic amines) is 1. The van der Waals surface area contributed by atoms with Crippen LogP contribution in [0.15, 0.2) is 0 Å². The third-order valence-corrected chi connectivity index (χ3v) is 5.71. The fourth-order valence-electron chi connectivity index (χ4n) is 3.70. The van der Waals surface area contributed by atoms with Crippen LogP contribution < -0.4 is 0 Å². The third kappa shape index (κ3) is 3.64. The van der Waals surface area contributed by atoms with Crippen LogP contribution >= 0.6 is 12.6 Å². The molecule has 106 valence electrons. The lowest BCUT2D eigenvalue weighted by Crippen LogP contribution is -2.39. The molecule has 1 aliphatic heterocycles. The molecule has 0 bridgehead atoms. The van der Waals surface area contributed by atoms with Crippen LogP contribution in [0.5, 0.6) is 0 Å². The molecule has 1 heterocycles. The van der Waals surface area contributed by atoms with Gasteiger partial charge in [-0.3, -0.25) is 0 Å². The first-order valence-electron chi connectivity index (χ1n) is 7.65. The second-order valence-electron chi connectivity index (χ2n) is 6.71. The molecule has 0 radical (unpaired) electrons. The zero-order chi connectivity index (χ0) is 13.0. The van der Waals surface area contributed by atoms with Gasteiger partial charge in [-0.25, -0.2) is 0 Å². The number of hydrogen-bond acceptors (Lipinski definition) is 3. The Balaban J connectivity index is 1.90. The first kappa shape index (κ1) is 14.7. The molecule has 1 aliphatic carbocycles. The highest BCUT2D eigenvalue weighted by Gasteiger charge is 2.34. The summed E-state index contributed by atoms with van der Waals surface area (Å²) in [5.74, 6) is 1.08. The summed E-state index contributed by atoms with van der Waals surface area (Å²) in [4.78, 5) is 5.09. The maximum atomic E-state index is 4.70. The average molecular weight is 270 g/mol. The highest BCUT2D eigenvalue weighted by molar-refractivity contribution is 7.80. The minimum atomic E-state index is 0.515. The normalized spacial score (nSPS) is 29.7. The van der Waals surface area contributed by atoms with Crippen LogP contribution in [-0.2, 0) is 0 Å². The van der Waals surface area contributed by atoms with Gasteiger partial charge in [-0.05, 0) is 51.1 Å². The van der Waals surface area contributed by atoms with Gasteiger partial charge in [0.05, 0.1) is 0 Å². The van der Waals surface area contributed by atoms with Crippen molar-refractivity contribution in [3.05, 3.63) is 0 Å². The van der Waals surface area contributed by atoms with Gasteiger partial charge < -0.3 is 9.80 Å². The van der Waals surface area contributed by atoms with Crippen LogP contribution in [0.2, 0.25) is 0 Å². The average Bonchev–Trinajstić information content (AvgIpc) is 2.69. The van der Waals surface area contributed by atoms with Crippen LogP contribution in [0.25, 0.3) is 0 Å². The van der Waals surface area contributed by atoms with Crippen LogP contribution in [0.1, 0.15) is 44.9 Å². The van der Waals surface area contributed by atoms with Crippen molar-refractivity contribution in [1.29, 1.82) is 0 Å². The van der Waals surface area contributed by atoms with E-state index in [4.69, 9.17) is 12.6 Å². The molecule has 2 fully saturated rings. The van der Waals surface area contributed by atoms with E-state index in [1.807, 2.05) is 0 Å². The SMILES string of the molecule is CN(C)C1CCN(CC2(CS)CCCCCC2)C1. The van der Waals surface area contributed by atoms with Gasteiger partial charge >= 0.3 is 0 Å². The zero-order valence-corrected chi connectivity index (χ0v) is 13.1. The van der Waals surface area contributed by atoms with E-state index in [-0.39, 0.29) is 0 Å². The molecule has 1 unspecified atom stereocenters. The van der Waals surface area contributed by atoms with Crippen molar-refractivity contribution in [2.24, 2.45) is 5.41 Å². The van der Waals surface area contributed by atoms with E-state index in [0.29, 0.717) is 5.41 Å². The first-order valence-corrected chi connectivity index (χ1v) is 8.28. The van der Waals surface area contributed by atoms with E-state index in [2.05, 4.69) is 23.9 Å². The van der Waals surface area contributed by atoms with Gasteiger partial charge in [-0.1, -0.05) is 25.7 Å². The van der Waals surface area contributed by atoms with Crippen molar-refractivity contribution >= 4 is 12.6 Å². The van der Waals surface area contributed by atoms with Gasteiger partial charge in [0.25, 0.3) is 0 Å². The maximum Gasteiger partial charge on any atom is 0.0229 e. The predicted octanol–water partition coefficient (Wildman–Crippen LogP) is 2.89. The second kappa shape index (κ2) is 6.62. The monoisotopic (exact) mass is 270 g/mol. The fraction of sp³-hybridized carbons (Fsp3) is 1.00. The Morgan fingerprint density at radius 2 is 1.83 bits per heavy atom. The van der Waals surface area contributed by atoms with E-state index in [0.717, 1.165) is 11.8 Å². The number of thiol groups is 1. The summed E-state index contributed by atoms with van der Waals surface area (Å²) in [6.45, 7) is 3.85. The predicted molar refractivity (Wildman–Crippen MR) is 82.5 cm³/mol. The highest BCUT2D eigenvalue weighted by atomic mass is 32.1. The van der Waals surface area contributed by atoms with E-state index in [1.54, 1.807) is 0 Å². The van der Waals surface area contributed by atoms with Crippen LogP contribution in [-0.4, -0.2) is 55.3 Å². The molecular weight excluding hydrogens is 240 g/mol. The second-order valence-corrected chi connectivity index (χ2v) is 7.03. The largest absolute Gasteiger partial charge is 0.305 e. The Hall–Kier alpha value is 0.270. The number of rotatable bonds is 4. The fourth-order valence-corrected chi connectivity index (χ4v) is 4.11. The van der Waals surface area contributed by atoms with Crippen LogP contribution in [0.4, 0.5) is 0 Å². The molecule has 0 N–H and O–H groups in total. The van der Waals surface area contributed by atoms with Crippen molar-refractivity contribution in [3.8, 4) is 0 Å². The molecule has 3 heteroatoms. The summed E-state index contributed by atoms with van der Waals surface area (Å²) < 4.78 is 0. The van der Waals surface area contributed by atoms with Crippen molar-refractivity contribution in [1.82, 2.24) is 9.80 Å². The number of nitrogens with zero attached hydrogens (tertiary/aromatic N) is 2. The zero-order valence-electron chi connectivity index (χ0n) is 12.2. The summed E-state index contributed by atoms with van der Waals surface area (Å²) in [7, 11) is 4.43. The molecule has 0 amide bonds. The smallest absolute Gasteiger partial charge is 0.0229 e. The number of likely N-dealkylation sites (N-methyl/N-ethyl adjacent to an activating group) is 1. The van der Waals surface area contributed by atoms with Gasteiger partial charge in [0.15, 0.2) is 0 Å². The lowest BCUT2D eigenvalue weighted by Gasteiger charge is -2.35. The minimum Gasteiger partial charge on any atom is -0.305 e. The molecule has 1 saturated carbocycles. The Morgan fingerprint density at radius 3 is 2.33 bits per heavy atom. The summed E-state index contributed by atoms with van der Waals surface area (Å²) in [6, 6.07) is 0.771. The summed E-state index contributed by atoms with van der Waals surface area (Å²) >= 11 is 4.70. The van der Waals surface area contributed by atoms with Crippen molar-refractivity contribution in [3.63, 3.8) is 0 Å². The van der Waals surface area contributed by atoms with E-state index >= 15 is 0 Å². The van der Waals surface area contributed by atoms with Gasteiger partial charge in [0.1, 0.15) is 0 Å². The maximum absolute atomic E-state index is 4.70. The standard InChI is InChI=1S/C15H30N2S/c1-16(2)14-7-10-17(11-14)12-15(13-18)8-5-3-4-6-9-15/h14,18H,3-13H2,1-2H3. The minimum absolute atomic E-state index is 0.515. The Kier molecular flexibility index (Phi) is 5.40. The molecule has 1 saturated heterocycles. The van der Waals surface area contributed by atoms with Crippen LogP contribution in [0, 0.1) is 5.41 Å². The number of hydrogen-bond donors (Lipinski definition) is 1. The van der Waals surface area contributed by atoms with Crippen LogP contribution in [0.3, 0.4) is 0 Å². The molecule has 2 aliphatic rings. The summed E-state index contributed by atoms with van der Waals surface area (Å²) in [5.41, 5.74) is 0.515. The quantitative estimate of drug-likeness (QED) is 0.620. The molecule has 0 spiro atoms. The van der Waals surface area contributed by atoms with Crippen molar-refractivity contribution < 1.29 is 0 Å². The third-order valence-electron chi connectivity index (χ3n) is 5.04. The summed E-state index contributed by atoms with van der Waals surface area (Å²) in [6.07, 6.45) is 9.87. The molecule has 0 aromatic heterocycles. The topological polar surface area (TPSA) is 6.48 Å². The molecular formula is C15H30N2S. The lowest BCUT2D eigenvalue weighted by molar-refractivity contribution is 0.165. The molecule has 18 heavy (non-hydrogen) atoms. The Bertz CT molecular complexity index is 247. The van der Waals surface area contributed by atoms with E-state index in [1.165, 1.54) is 64.6 Å². The van der Waals surface area contributed by atoms with Crippen molar-refractivity contribution in [2.75, 3.05) is 39.5 Å². The summed E-state index contributed by atoms with van der Waals surface area (Å²) in [5, 5.41) is 0. The molecule has 0 aromatic carbocycles. The molecule has 1 atom stereocenters. The van der Waals surface area contributed by atoms with Gasteiger partial charge in [0, 0.05) is 19.1 Å². The highest BCUT2D eigenvalue weighted by Crippen LogP contribution is 2.37. The molecule has 0 aromatic rings. The lowest BCUT2D eigenvalue weighted by atomic mass is 9.82. The van der Waals surface area contributed by atoms with E-state index in [9.17, 15) is 0 Å². The molecule has 2 rings (SSSR count). The Labute approximate surface area is 119 Å².